The summed E-state index contributed by atoms with van der Waals surface area (Å²) in [4.78, 5) is 17.5. The number of pyridine rings is 1. The molecule has 1 fully saturated rings. The molecule has 0 saturated carbocycles. The van der Waals surface area contributed by atoms with Crippen molar-refractivity contribution in [2.24, 2.45) is 11.1 Å². The minimum Gasteiger partial charge on any atom is -0.399 e. The first-order valence-corrected chi connectivity index (χ1v) is 5.76. The maximum Gasteiger partial charge on any atom is 0.225 e. The van der Waals surface area contributed by atoms with Gasteiger partial charge in [-0.15, -0.1) is 0 Å². The SMILES string of the molecule is CC1(C(N)=O)CCN(c2cc(N)cc(Cl)n2)C1. The van der Waals surface area contributed by atoms with Crippen LogP contribution in [-0.2, 0) is 4.79 Å². The van der Waals surface area contributed by atoms with E-state index in [1.807, 2.05) is 11.8 Å². The third-order valence-electron chi connectivity index (χ3n) is 3.20. The monoisotopic (exact) mass is 254 g/mol. The summed E-state index contributed by atoms with van der Waals surface area (Å²) >= 11 is 5.85. The molecule has 1 amide bonds. The molecule has 4 N–H and O–H groups in total. The van der Waals surface area contributed by atoms with Gasteiger partial charge < -0.3 is 16.4 Å². The number of aromatic nitrogens is 1. The van der Waals surface area contributed by atoms with Crippen LogP contribution < -0.4 is 16.4 Å². The summed E-state index contributed by atoms with van der Waals surface area (Å²) in [6, 6.07) is 3.34. The van der Waals surface area contributed by atoms with Gasteiger partial charge in [-0.05, 0) is 19.4 Å². The Balaban J connectivity index is 2.23. The maximum absolute atomic E-state index is 11.4. The first-order chi connectivity index (χ1) is 7.90. The van der Waals surface area contributed by atoms with Gasteiger partial charge >= 0.3 is 0 Å². The van der Waals surface area contributed by atoms with Gasteiger partial charge in [0.25, 0.3) is 0 Å². The van der Waals surface area contributed by atoms with Crippen LogP contribution in [0.5, 0.6) is 0 Å². The topological polar surface area (TPSA) is 85.2 Å². The molecule has 17 heavy (non-hydrogen) atoms. The summed E-state index contributed by atoms with van der Waals surface area (Å²) in [5.74, 6) is 0.412. The number of anilines is 2. The average molecular weight is 255 g/mol. The van der Waals surface area contributed by atoms with Crippen molar-refractivity contribution in [2.75, 3.05) is 23.7 Å². The lowest BCUT2D eigenvalue weighted by molar-refractivity contribution is -0.125. The van der Waals surface area contributed by atoms with Crippen LogP contribution in [0.25, 0.3) is 0 Å². The molecule has 5 nitrogen and oxygen atoms in total. The van der Waals surface area contributed by atoms with E-state index >= 15 is 0 Å². The third kappa shape index (κ3) is 2.29. The number of nitrogen functional groups attached to an aromatic ring is 1. The number of hydrogen-bond donors (Lipinski definition) is 2. The molecule has 2 rings (SSSR count). The highest BCUT2D eigenvalue weighted by molar-refractivity contribution is 6.29. The average Bonchev–Trinajstić information content (AvgIpc) is 2.61. The van der Waals surface area contributed by atoms with Crippen LogP contribution in [0, 0.1) is 5.41 Å². The highest BCUT2D eigenvalue weighted by atomic mass is 35.5. The minimum atomic E-state index is -0.501. The number of hydrogen-bond acceptors (Lipinski definition) is 4. The molecule has 1 atom stereocenters. The lowest BCUT2D eigenvalue weighted by Crippen LogP contribution is -2.37. The molecule has 1 aliphatic heterocycles. The Kier molecular flexibility index (Phi) is 2.87. The van der Waals surface area contributed by atoms with E-state index in [1.165, 1.54) is 0 Å². The predicted molar refractivity (Wildman–Crippen MR) is 67.8 cm³/mol. The van der Waals surface area contributed by atoms with E-state index in [0.717, 1.165) is 13.0 Å². The van der Waals surface area contributed by atoms with E-state index in [2.05, 4.69) is 4.98 Å². The Morgan fingerprint density at radius 3 is 2.82 bits per heavy atom. The van der Waals surface area contributed by atoms with Crippen molar-refractivity contribution in [1.82, 2.24) is 4.98 Å². The number of rotatable bonds is 2. The molecular formula is C11H15ClN4O. The first kappa shape index (κ1) is 12.0. The fourth-order valence-electron chi connectivity index (χ4n) is 2.02. The van der Waals surface area contributed by atoms with Gasteiger partial charge in [0.2, 0.25) is 5.91 Å². The molecule has 0 aliphatic carbocycles. The molecule has 0 spiro atoms. The van der Waals surface area contributed by atoms with E-state index in [-0.39, 0.29) is 5.91 Å². The summed E-state index contributed by atoms with van der Waals surface area (Å²) in [6.07, 6.45) is 0.719. The van der Waals surface area contributed by atoms with E-state index < -0.39 is 5.41 Å². The zero-order valence-corrected chi connectivity index (χ0v) is 10.4. The van der Waals surface area contributed by atoms with Gasteiger partial charge in [-0.3, -0.25) is 4.79 Å². The van der Waals surface area contributed by atoms with E-state index in [9.17, 15) is 4.79 Å². The second kappa shape index (κ2) is 4.07. The molecule has 1 aromatic rings. The first-order valence-electron chi connectivity index (χ1n) is 5.39. The fourth-order valence-corrected chi connectivity index (χ4v) is 2.23. The molecule has 1 saturated heterocycles. The van der Waals surface area contributed by atoms with Crippen LogP contribution in [0.3, 0.4) is 0 Å². The van der Waals surface area contributed by atoms with Gasteiger partial charge in [-0.1, -0.05) is 11.6 Å². The number of nitrogens with zero attached hydrogens (tertiary/aromatic N) is 2. The van der Waals surface area contributed by atoms with E-state index in [4.69, 9.17) is 23.1 Å². The maximum atomic E-state index is 11.4. The van der Waals surface area contributed by atoms with E-state index in [0.29, 0.717) is 23.2 Å². The molecule has 1 unspecified atom stereocenters. The van der Waals surface area contributed by atoms with Crippen LogP contribution in [0.15, 0.2) is 12.1 Å². The van der Waals surface area contributed by atoms with Gasteiger partial charge in [0.1, 0.15) is 11.0 Å². The smallest absolute Gasteiger partial charge is 0.225 e. The molecule has 1 aromatic heterocycles. The quantitative estimate of drug-likeness (QED) is 0.772. The molecule has 0 aromatic carbocycles. The Labute approximate surface area is 105 Å². The molecule has 0 bridgehead atoms. The lowest BCUT2D eigenvalue weighted by Gasteiger charge is -2.22. The Morgan fingerprint density at radius 1 is 1.59 bits per heavy atom. The molecule has 2 heterocycles. The minimum absolute atomic E-state index is 0.282. The standard InChI is InChI=1S/C11H15ClN4O/c1-11(10(14)17)2-3-16(6-11)9-5-7(13)4-8(12)15-9/h4-5H,2-3,6H2,1H3,(H2,13,15)(H2,14,17). The predicted octanol–water partition coefficient (Wildman–Crippen LogP) is 1.02. The summed E-state index contributed by atoms with van der Waals surface area (Å²) in [6.45, 7) is 3.14. The van der Waals surface area contributed by atoms with Gasteiger partial charge in [0.15, 0.2) is 0 Å². The largest absolute Gasteiger partial charge is 0.399 e. The number of carbonyl (C=O) groups excluding carboxylic acids is 1. The summed E-state index contributed by atoms with van der Waals surface area (Å²) in [5.41, 5.74) is 11.2. The summed E-state index contributed by atoms with van der Waals surface area (Å²) in [5, 5.41) is 0.354. The third-order valence-corrected chi connectivity index (χ3v) is 3.39. The van der Waals surface area contributed by atoms with Crippen LogP contribution in [0.1, 0.15) is 13.3 Å². The lowest BCUT2D eigenvalue weighted by atomic mass is 9.89. The molecule has 1 aliphatic rings. The Hall–Kier alpha value is -1.49. The second-order valence-corrected chi connectivity index (χ2v) is 5.07. The fraction of sp³-hybridized carbons (Fsp3) is 0.455. The van der Waals surface area contributed by atoms with Crippen molar-refractivity contribution in [1.29, 1.82) is 0 Å². The van der Waals surface area contributed by atoms with Crippen LogP contribution >= 0.6 is 11.6 Å². The number of carbonyl (C=O) groups is 1. The Morgan fingerprint density at radius 2 is 2.29 bits per heavy atom. The normalized spacial score (nSPS) is 24.0. The van der Waals surface area contributed by atoms with Crippen LogP contribution in [-0.4, -0.2) is 24.0 Å². The molecule has 6 heteroatoms. The van der Waals surface area contributed by atoms with Crippen molar-refractivity contribution in [3.05, 3.63) is 17.3 Å². The molecule has 92 valence electrons. The van der Waals surface area contributed by atoms with Gasteiger partial charge in [-0.2, -0.15) is 0 Å². The second-order valence-electron chi connectivity index (χ2n) is 4.68. The van der Waals surface area contributed by atoms with Crippen molar-refractivity contribution < 1.29 is 4.79 Å². The number of amides is 1. The van der Waals surface area contributed by atoms with Crippen molar-refractivity contribution in [2.45, 2.75) is 13.3 Å². The van der Waals surface area contributed by atoms with E-state index in [1.54, 1.807) is 12.1 Å². The zero-order chi connectivity index (χ0) is 12.6. The summed E-state index contributed by atoms with van der Waals surface area (Å²) < 4.78 is 0. The van der Waals surface area contributed by atoms with Gasteiger partial charge in [-0.25, -0.2) is 4.98 Å². The van der Waals surface area contributed by atoms with Gasteiger partial charge in [0.05, 0.1) is 5.41 Å². The van der Waals surface area contributed by atoms with Crippen molar-refractivity contribution >= 4 is 29.0 Å². The van der Waals surface area contributed by atoms with Crippen LogP contribution in [0.2, 0.25) is 5.15 Å². The number of primary amides is 1. The van der Waals surface area contributed by atoms with Gasteiger partial charge in [0, 0.05) is 24.8 Å². The Bertz CT molecular complexity index is 445. The number of nitrogens with two attached hydrogens (primary N) is 2. The van der Waals surface area contributed by atoms with Crippen molar-refractivity contribution in [3.8, 4) is 0 Å². The van der Waals surface area contributed by atoms with Crippen LogP contribution in [0.4, 0.5) is 11.5 Å². The highest BCUT2D eigenvalue weighted by Gasteiger charge is 2.39. The number of halogens is 1. The summed E-state index contributed by atoms with van der Waals surface area (Å²) in [7, 11) is 0. The molecular weight excluding hydrogens is 240 g/mol. The molecule has 0 radical (unpaired) electrons. The zero-order valence-electron chi connectivity index (χ0n) is 9.61. The van der Waals surface area contributed by atoms with Crippen molar-refractivity contribution in [3.63, 3.8) is 0 Å². The highest BCUT2D eigenvalue weighted by Crippen LogP contribution is 2.33.